The van der Waals surface area contributed by atoms with Gasteiger partial charge in [0.2, 0.25) is 21.8 Å². The van der Waals surface area contributed by atoms with E-state index in [0.717, 1.165) is 44.5 Å². The van der Waals surface area contributed by atoms with E-state index in [2.05, 4.69) is 10.2 Å². The summed E-state index contributed by atoms with van der Waals surface area (Å²) in [6.07, 6.45) is 4.40. The molecule has 1 aromatic carbocycles. The van der Waals surface area contributed by atoms with Crippen LogP contribution in [-0.4, -0.2) is 68.2 Å². The Hall–Kier alpha value is -2.13. The van der Waals surface area contributed by atoms with E-state index >= 15 is 0 Å². The Labute approximate surface area is 184 Å². The number of rotatable bonds is 8. The fourth-order valence-corrected chi connectivity index (χ4v) is 6.09. The Kier molecular flexibility index (Phi) is 6.25. The summed E-state index contributed by atoms with van der Waals surface area (Å²) >= 11 is 0. The largest absolute Gasteiger partial charge is 0.370 e. The van der Waals surface area contributed by atoms with Gasteiger partial charge in [0.15, 0.2) is 0 Å². The number of hydrogen-bond donors (Lipinski definition) is 1. The van der Waals surface area contributed by atoms with Crippen molar-refractivity contribution in [2.75, 3.05) is 42.9 Å². The molecule has 3 aliphatic rings. The van der Waals surface area contributed by atoms with Crippen LogP contribution in [-0.2, 0) is 19.6 Å². The van der Waals surface area contributed by atoms with Crippen LogP contribution >= 0.6 is 0 Å². The summed E-state index contributed by atoms with van der Waals surface area (Å²) in [7, 11) is -3.64. The zero-order valence-corrected chi connectivity index (χ0v) is 19.2. The molecule has 1 unspecified atom stereocenters. The molecule has 1 aromatic rings. The fraction of sp³-hybridized carbons (Fsp3) is 0.636. The van der Waals surface area contributed by atoms with Crippen molar-refractivity contribution >= 4 is 33.2 Å². The van der Waals surface area contributed by atoms with Crippen molar-refractivity contribution in [1.82, 2.24) is 9.21 Å². The molecule has 3 fully saturated rings. The van der Waals surface area contributed by atoms with Crippen LogP contribution in [0.15, 0.2) is 23.1 Å². The predicted octanol–water partition coefficient (Wildman–Crippen LogP) is 2.27. The van der Waals surface area contributed by atoms with Gasteiger partial charge < -0.3 is 15.1 Å². The van der Waals surface area contributed by atoms with Crippen LogP contribution in [0.25, 0.3) is 0 Å². The lowest BCUT2D eigenvalue weighted by atomic mass is 10.1. The molecule has 0 aromatic heterocycles. The molecule has 4 rings (SSSR count). The summed E-state index contributed by atoms with van der Waals surface area (Å²) in [6, 6.07) is 5.31. The first-order chi connectivity index (χ1) is 14.8. The van der Waals surface area contributed by atoms with Crippen LogP contribution in [0.3, 0.4) is 0 Å². The lowest BCUT2D eigenvalue weighted by Gasteiger charge is -2.24. The smallest absolute Gasteiger partial charge is 0.243 e. The number of likely N-dealkylation sites (tertiary alicyclic amines) is 1. The lowest BCUT2D eigenvalue weighted by molar-refractivity contribution is -0.128. The molecule has 1 aliphatic carbocycles. The monoisotopic (exact) mass is 448 g/mol. The molecule has 2 saturated heterocycles. The SMILES string of the molecule is CCN(CC)S(=O)(=O)c1ccc(N2CCCC2)c(NC(=O)C2CC(=O)N(C3CC3)C2)c1. The van der Waals surface area contributed by atoms with Gasteiger partial charge >= 0.3 is 0 Å². The normalized spacial score (nSPS) is 21.9. The number of amides is 2. The van der Waals surface area contributed by atoms with Crippen molar-refractivity contribution in [3.05, 3.63) is 18.2 Å². The number of benzene rings is 1. The van der Waals surface area contributed by atoms with Gasteiger partial charge in [-0.05, 0) is 43.9 Å². The summed E-state index contributed by atoms with van der Waals surface area (Å²) in [5.74, 6) is -0.572. The molecule has 1 atom stereocenters. The highest BCUT2D eigenvalue weighted by Crippen LogP contribution is 2.35. The molecule has 8 nitrogen and oxygen atoms in total. The van der Waals surface area contributed by atoms with Crippen molar-refractivity contribution in [2.45, 2.75) is 56.9 Å². The van der Waals surface area contributed by atoms with Gasteiger partial charge in [-0.1, -0.05) is 13.8 Å². The number of hydrogen-bond acceptors (Lipinski definition) is 5. The highest BCUT2D eigenvalue weighted by Gasteiger charge is 2.42. The minimum Gasteiger partial charge on any atom is -0.370 e. The summed E-state index contributed by atoms with van der Waals surface area (Å²) < 4.78 is 27.5. The molecule has 0 bridgehead atoms. The van der Waals surface area contributed by atoms with Gasteiger partial charge in [-0.2, -0.15) is 4.31 Å². The van der Waals surface area contributed by atoms with E-state index in [9.17, 15) is 18.0 Å². The molecule has 31 heavy (non-hydrogen) atoms. The average Bonchev–Trinajstić information content (AvgIpc) is 3.28. The molecular weight excluding hydrogens is 416 g/mol. The van der Waals surface area contributed by atoms with E-state index in [1.54, 1.807) is 18.2 Å². The number of nitrogens with zero attached hydrogens (tertiary/aromatic N) is 3. The standard InChI is InChI=1S/C22H32N4O4S/c1-3-25(4-2)31(29,30)18-9-10-20(24-11-5-6-12-24)19(14-18)23-22(28)16-13-21(27)26(15-16)17-7-8-17/h9-10,14,16-17H,3-8,11-13,15H2,1-2H3,(H,23,28). The first-order valence-corrected chi connectivity index (χ1v) is 12.8. The molecule has 1 N–H and O–H groups in total. The first kappa shape index (κ1) is 22.1. The van der Waals surface area contributed by atoms with Gasteiger partial charge in [0.1, 0.15) is 0 Å². The second kappa shape index (κ2) is 8.78. The Morgan fingerprint density at radius 3 is 2.45 bits per heavy atom. The van der Waals surface area contributed by atoms with E-state index < -0.39 is 15.9 Å². The topological polar surface area (TPSA) is 90.0 Å². The summed E-state index contributed by atoms with van der Waals surface area (Å²) in [5, 5.41) is 2.97. The fourth-order valence-electron chi connectivity index (χ4n) is 4.60. The molecular formula is C22H32N4O4S. The van der Waals surface area contributed by atoms with Crippen LogP contribution in [0.1, 0.15) is 46.0 Å². The van der Waals surface area contributed by atoms with Gasteiger partial charge in [0, 0.05) is 45.2 Å². The number of sulfonamides is 1. The summed E-state index contributed by atoms with van der Waals surface area (Å²) in [5.41, 5.74) is 1.35. The van der Waals surface area contributed by atoms with E-state index in [0.29, 0.717) is 31.4 Å². The maximum Gasteiger partial charge on any atom is 0.243 e. The van der Waals surface area contributed by atoms with E-state index in [1.165, 1.54) is 4.31 Å². The van der Waals surface area contributed by atoms with Crippen molar-refractivity contribution in [1.29, 1.82) is 0 Å². The minimum absolute atomic E-state index is 0.0419. The van der Waals surface area contributed by atoms with Crippen LogP contribution in [0.4, 0.5) is 11.4 Å². The van der Waals surface area contributed by atoms with E-state index in [-0.39, 0.29) is 23.1 Å². The molecule has 0 spiro atoms. The second-order valence-corrected chi connectivity index (χ2v) is 10.6. The summed E-state index contributed by atoms with van der Waals surface area (Å²) in [4.78, 5) is 29.5. The van der Waals surface area contributed by atoms with Gasteiger partial charge in [0.05, 0.1) is 22.2 Å². The highest BCUT2D eigenvalue weighted by molar-refractivity contribution is 7.89. The van der Waals surface area contributed by atoms with Gasteiger partial charge in [-0.25, -0.2) is 8.42 Å². The zero-order valence-electron chi connectivity index (χ0n) is 18.3. The van der Waals surface area contributed by atoms with Crippen molar-refractivity contribution in [2.24, 2.45) is 5.92 Å². The van der Waals surface area contributed by atoms with Crippen LogP contribution < -0.4 is 10.2 Å². The third-order valence-electron chi connectivity index (χ3n) is 6.53. The predicted molar refractivity (Wildman–Crippen MR) is 119 cm³/mol. The lowest BCUT2D eigenvalue weighted by Crippen LogP contribution is -2.31. The molecule has 2 aliphatic heterocycles. The van der Waals surface area contributed by atoms with Gasteiger partial charge in [-0.15, -0.1) is 0 Å². The maximum atomic E-state index is 13.1. The molecule has 0 radical (unpaired) electrons. The van der Waals surface area contributed by atoms with E-state index in [1.807, 2.05) is 18.7 Å². The van der Waals surface area contributed by atoms with Crippen molar-refractivity contribution in [3.63, 3.8) is 0 Å². The maximum absolute atomic E-state index is 13.1. The molecule has 9 heteroatoms. The van der Waals surface area contributed by atoms with Crippen LogP contribution in [0.5, 0.6) is 0 Å². The molecule has 170 valence electrons. The Balaban J connectivity index is 1.60. The third kappa shape index (κ3) is 4.43. The number of carbonyl (C=O) groups excluding carboxylic acids is 2. The van der Waals surface area contributed by atoms with Gasteiger partial charge in [0.25, 0.3) is 0 Å². The average molecular weight is 449 g/mol. The van der Waals surface area contributed by atoms with E-state index in [4.69, 9.17) is 0 Å². The third-order valence-corrected chi connectivity index (χ3v) is 8.58. The molecule has 2 amide bonds. The summed E-state index contributed by atoms with van der Waals surface area (Å²) in [6.45, 7) is 6.60. The Bertz CT molecular complexity index is 950. The molecule has 1 saturated carbocycles. The highest BCUT2D eigenvalue weighted by atomic mass is 32.2. The Morgan fingerprint density at radius 2 is 1.84 bits per heavy atom. The van der Waals surface area contributed by atoms with Crippen LogP contribution in [0, 0.1) is 5.92 Å². The molecule has 2 heterocycles. The zero-order chi connectivity index (χ0) is 22.2. The quantitative estimate of drug-likeness (QED) is 0.659. The first-order valence-electron chi connectivity index (χ1n) is 11.3. The minimum atomic E-state index is -3.64. The number of carbonyl (C=O) groups is 2. The Morgan fingerprint density at radius 1 is 1.16 bits per heavy atom. The number of anilines is 2. The number of nitrogens with one attached hydrogen (secondary N) is 1. The van der Waals surface area contributed by atoms with Crippen molar-refractivity contribution in [3.8, 4) is 0 Å². The van der Waals surface area contributed by atoms with Crippen molar-refractivity contribution < 1.29 is 18.0 Å². The second-order valence-electron chi connectivity index (χ2n) is 8.63. The van der Waals surface area contributed by atoms with Gasteiger partial charge in [-0.3, -0.25) is 9.59 Å². The van der Waals surface area contributed by atoms with Crippen LogP contribution in [0.2, 0.25) is 0 Å².